The molecule has 0 aromatic heterocycles. The minimum atomic E-state index is 0.827. The second-order valence-corrected chi connectivity index (χ2v) is 5.56. The number of hydrogen-bond donors (Lipinski definition) is 2. The van der Waals surface area contributed by atoms with Crippen molar-refractivity contribution >= 4 is 0 Å². The lowest BCUT2D eigenvalue weighted by molar-refractivity contribution is 0.272. The number of nitrogens with two attached hydrogens (primary N) is 1. The van der Waals surface area contributed by atoms with Gasteiger partial charge in [-0.2, -0.15) is 0 Å². The fourth-order valence-electron chi connectivity index (χ4n) is 2.69. The first-order chi connectivity index (χ1) is 7.38. The molecule has 2 saturated carbocycles. The molecule has 0 unspecified atom stereocenters. The Hall–Kier alpha value is -0.0800. The summed E-state index contributed by atoms with van der Waals surface area (Å²) in [5.74, 6) is 2.84. The van der Waals surface area contributed by atoms with E-state index in [0.29, 0.717) is 0 Å². The zero-order valence-electron chi connectivity index (χ0n) is 9.88. The number of nitrogens with one attached hydrogen (secondary N) is 1. The minimum absolute atomic E-state index is 0.827. The molecule has 2 aliphatic carbocycles. The third-order valence-electron chi connectivity index (χ3n) is 4.16. The highest BCUT2D eigenvalue weighted by Gasteiger charge is 2.21. The van der Waals surface area contributed by atoms with Gasteiger partial charge >= 0.3 is 0 Å². The van der Waals surface area contributed by atoms with Crippen LogP contribution < -0.4 is 11.1 Å². The van der Waals surface area contributed by atoms with E-state index in [1.54, 1.807) is 0 Å². The summed E-state index contributed by atoms with van der Waals surface area (Å²) >= 11 is 0. The summed E-state index contributed by atoms with van der Waals surface area (Å²) in [6, 6.07) is 0. The maximum absolute atomic E-state index is 5.69. The summed E-state index contributed by atoms with van der Waals surface area (Å²) in [7, 11) is 0. The first-order valence-electron chi connectivity index (χ1n) is 6.79. The van der Waals surface area contributed by atoms with Gasteiger partial charge in [-0.25, -0.2) is 0 Å². The van der Waals surface area contributed by atoms with Crippen molar-refractivity contribution in [3.8, 4) is 0 Å². The van der Waals surface area contributed by atoms with Crippen molar-refractivity contribution in [1.29, 1.82) is 0 Å². The Morgan fingerprint density at radius 1 is 0.867 bits per heavy atom. The van der Waals surface area contributed by atoms with Crippen LogP contribution in [0.15, 0.2) is 0 Å². The average molecular weight is 210 g/mol. The summed E-state index contributed by atoms with van der Waals surface area (Å²) in [5.41, 5.74) is 5.69. The van der Waals surface area contributed by atoms with Crippen LogP contribution in [0.4, 0.5) is 0 Å². The smallest absolute Gasteiger partial charge is 0.00205 e. The highest BCUT2D eigenvalue weighted by Crippen LogP contribution is 2.32. The maximum Gasteiger partial charge on any atom is -0.00205 e. The Balaban J connectivity index is 1.48. The zero-order chi connectivity index (χ0) is 10.5. The lowest BCUT2D eigenvalue weighted by Gasteiger charge is -2.27. The predicted octanol–water partition coefficient (Wildman–Crippen LogP) is 2.14. The quantitative estimate of drug-likeness (QED) is 0.659. The summed E-state index contributed by atoms with van der Waals surface area (Å²) < 4.78 is 0. The molecular formula is C13H26N2. The monoisotopic (exact) mass is 210 g/mol. The van der Waals surface area contributed by atoms with E-state index in [0.717, 1.165) is 24.3 Å². The van der Waals surface area contributed by atoms with Gasteiger partial charge < -0.3 is 11.1 Å². The molecule has 15 heavy (non-hydrogen) atoms. The maximum atomic E-state index is 5.69. The SMILES string of the molecule is NCC1CCC(CNCCC2CC2)CC1. The van der Waals surface area contributed by atoms with E-state index in [1.165, 1.54) is 58.0 Å². The van der Waals surface area contributed by atoms with Gasteiger partial charge in [-0.3, -0.25) is 0 Å². The van der Waals surface area contributed by atoms with Crippen LogP contribution in [0.3, 0.4) is 0 Å². The predicted molar refractivity (Wildman–Crippen MR) is 64.7 cm³/mol. The average Bonchev–Trinajstić information content (AvgIpc) is 3.09. The van der Waals surface area contributed by atoms with Gasteiger partial charge in [-0.15, -0.1) is 0 Å². The van der Waals surface area contributed by atoms with E-state index >= 15 is 0 Å². The van der Waals surface area contributed by atoms with Crippen LogP contribution in [-0.4, -0.2) is 19.6 Å². The summed E-state index contributed by atoms with van der Waals surface area (Å²) in [6.07, 6.45) is 9.93. The molecule has 0 atom stereocenters. The van der Waals surface area contributed by atoms with E-state index in [4.69, 9.17) is 5.73 Å². The minimum Gasteiger partial charge on any atom is -0.330 e. The lowest BCUT2D eigenvalue weighted by atomic mass is 9.82. The van der Waals surface area contributed by atoms with Crippen molar-refractivity contribution < 1.29 is 0 Å². The van der Waals surface area contributed by atoms with Crippen molar-refractivity contribution in [2.24, 2.45) is 23.5 Å². The van der Waals surface area contributed by atoms with Crippen LogP contribution in [0, 0.1) is 17.8 Å². The molecule has 2 rings (SSSR count). The Morgan fingerprint density at radius 2 is 1.47 bits per heavy atom. The molecule has 0 spiro atoms. The Kier molecular flexibility index (Phi) is 4.45. The van der Waals surface area contributed by atoms with E-state index in [9.17, 15) is 0 Å². The number of hydrogen-bond acceptors (Lipinski definition) is 2. The van der Waals surface area contributed by atoms with Crippen LogP contribution in [0.2, 0.25) is 0 Å². The molecule has 0 heterocycles. The number of rotatable bonds is 6. The van der Waals surface area contributed by atoms with Gasteiger partial charge in [0.1, 0.15) is 0 Å². The van der Waals surface area contributed by atoms with Gasteiger partial charge in [0.15, 0.2) is 0 Å². The molecule has 3 N–H and O–H groups in total. The molecular weight excluding hydrogens is 184 g/mol. The molecule has 2 heteroatoms. The summed E-state index contributed by atoms with van der Waals surface area (Å²) in [4.78, 5) is 0. The molecule has 0 radical (unpaired) electrons. The van der Waals surface area contributed by atoms with Gasteiger partial charge in [0, 0.05) is 0 Å². The van der Waals surface area contributed by atoms with Crippen molar-refractivity contribution in [2.75, 3.05) is 19.6 Å². The van der Waals surface area contributed by atoms with Crippen molar-refractivity contribution in [3.63, 3.8) is 0 Å². The third-order valence-corrected chi connectivity index (χ3v) is 4.16. The highest BCUT2D eigenvalue weighted by atomic mass is 14.9. The molecule has 0 aromatic carbocycles. The second kappa shape index (κ2) is 5.86. The molecule has 2 fully saturated rings. The zero-order valence-corrected chi connectivity index (χ0v) is 9.88. The Morgan fingerprint density at radius 3 is 2.07 bits per heavy atom. The lowest BCUT2D eigenvalue weighted by Crippen LogP contribution is -2.29. The molecule has 0 bridgehead atoms. The Labute approximate surface area is 94.0 Å². The normalized spacial score (nSPS) is 31.8. The summed E-state index contributed by atoms with van der Waals surface area (Å²) in [6.45, 7) is 3.41. The van der Waals surface area contributed by atoms with Gasteiger partial charge in [-0.05, 0) is 69.5 Å². The topological polar surface area (TPSA) is 38.0 Å². The first-order valence-corrected chi connectivity index (χ1v) is 6.79. The molecule has 2 aliphatic rings. The van der Waals surface area contributed by atoms with E-state index in [-0.39, 0.29) is 0 Å². The van der Waals surface area contributed by atoms with E-state index < -0.39 is 0 Å². The van der Waals surface area contributed by atoms with Crippen LogP contribution in [-0.2, 0) is 0 Å². The molecule has 0 saturated heterocycles. The van der Waals surface area contributed by atoms with Gasteiger partial charge in [0.2, 0.25) is 0 Å². The van der Waals surface area contributed by atoms with Crippen molar-refractivity contribution in [1.82, 2.24) is 5.32 Å². The molecule has 88 valence electrons. The first kappa shape index (κ1) is 11.4. The largest absolute Gasteiger partial charge is 0.330 e. The molecule has 2 nitrogen and oxygen atoms in total. The van der Waals surface area contributed by atoms with Crippen LogP contribution >= 0.6 is 0 Å². The third kappa shape index (κ3) is 4.12. The fourth-order valence-corrected chi connectivity index (χ4v) is 2.69. The van der Waals surface area contributed by atoms with E-state index in [1.807, 2.05) is 0 Å². The van der Waals surface area contributed by atoms with Crippen LogP contribution in [0.1, 0.15) is 44.9 Å². The van der Waals surface area contributed by atoms with Crippen LogP contribution in [0.5, 0.6) is 0 Å². The van der Waals surface area contributed by atoms with E-state index in [2.05, 4.69) is 5.32 Å². The summed E-state index contributed by atoms with van der Waals surface area (Å²) in [5, 5.41) is 3.63. The fraction of sp³-hybridized carbons (Fsp3) is 1.00. The molecule has 0 aromatic rings. The Bertz CT molecular complexity index is 169. The molecule has 0 aliphatic heterocycles. The second-order valence-electron chi connectivity index (χ2n) is 5.56. The van der Waals surface area contributed by atoms with Gasteiger partial charge in [0.05, 0.1) is 0 Å². The standard InChI is InChI=1S/C13H26N2/c14-9-12-3-5-13(6-4-12)10-15-8-7-11-1-2-11/h11-13,15H,1-10,14H2. The van der Waals surface area contributed by atoms with Gasteiger partial charge in [-0.1, -0.05) is 12.8 Å². The molecule has 0 amide bonds. The van der Waals surface area contributed by atoms with Crippen molar-refractivity contribution in [2.45, 2.75) is 44.9 Å². The van der Waals surface area contributed by atoms with Crippen molar-refractivity contribution in [3.05, 3.63) is 0 Å². The van der Waals surface area contributed by atoms with Gasteiger partial charge in [0.25, 0.3) is 0 Å². The highest BCUT2D eigenvalue weighted by molar-refractivity contribution is 4.76. The van der Waals surface area contributed by atoms with Crippen LogP contribution in [0.25, 0.3) is 0 Å².